The molecule has 0 fully saturated rings. The SMILES string of the molecule is CCCNCc1oc2c(Br)cc(OC)c(Br)c2c1C(C)C. The summed E-state index contributed by atoms with van der Waals surface area (Å²) in [6.45, 7) is 8.27. The van der Waals surface area contributed by atoms with Gasteiger partial charge in [-0.25, -0.2) is 0 Å². The van der Waals surface area contributed by atoms with E-state index in [4.69, 9.17) is 9.15 Å². The van der Waals surface area contributed by atoms with E-state index in [1.807, 2.05) is 6.07 Å². The molecule has 0 amide bonds. The summed E-state index contributed by atoms with van der Waals surface area (Å²) in [5.74, 6) is 2.19. The monoisotopic (exact) mass is 417 g/mol. The van der Waals surface area contributed by atoms with Crippen LogP contribution < -0.4 is 10.1 Å². The fourth-order valence-electron chi connectivity index (χ4n) is 2.51. The van der Waals surface area contributed by atoms with Gasteiger partial charge in [0.2, 0.25) is 0 Å². The summed E-state index contributed by atoms with van der Waals surface area (Å²) < 4.78 is 13.4. The summed E-state index contributed by atoms with van der Waals surface area (Å²) in [4.78, 5) is 0. The van der Waals surface area contributed by atoms with Gasteiger partial charge in [-0.2, -0.15) is 0 Å². The minimum atomic E-state index is 0.375. The molecule has 0 aliphatic carbocycles. The van der Waals surface area contributed by atoms with Crippen LogP contribution in [0.1, 0.15) is 44.4 Å². The van der Waals surface area contributed by atoms with Crippen molar-refractivity contribution in [2.24, 2.45) is 0 Å². The van der Waals surface area contributed by atoms with Crippen molar-refractivity contribution in [3.63, 3.8) is 0 Å². The van der Waals surface area contributed by atoms with Crippen molar-refractivity contribution in [1.29, 1.82) is 0 Å². The highest BCUT2D eigenvalue weighted by atomic mass is 79.9. The first-order chi connectivity index (χ1) is 10.0. The van der Waals surface area contributed by atoms with E-state index in [0.717, 1.165) is 50.9 Å². The zero-order valence-corrected chi connectivity index (χ0v) is 16.0. The second kappa shape index (κ2) is 7.16. The predicted molar refractivity (Wildman–Crippen MR) is 94.3 cm³/mol. The second-order valence-corrected chi connectivity index (χ2v) is 7.00. The average molecular weight is 419 g/mol. The Kier molecular flexibility index (Phi) is 5.74. The van der Waals surface area contributed by atoms with Gasteiger partial charge in [0.1, 0.15) is 17.1 Å². The number of furan rings is 1. The molecule has 0 unspecified atom stereocenters. The zero-order valence-electron chi connectivity index (χ0n) is 12.8. The Morgan fingerprint density at radius 3 is 2.62 bits per heavy atom. The summed E-state index contributed by atoms with van der Waals surface area (Å²) in [6, 6.07) is 1.93. The van der Waals surface area contributed by atoms with E-state index in [2.05, 4.69) is 57.9 Å². The number of benzene rings is 1. The lowest BCUT2D eigenvalue weighted by Crippen LogP contribution is -2.14. The molecule has 21 heavy (non-hydrogen) atoms. The molecule has 2 rings (SSSR count). The van der Waals surface area contributed by atoms with Crippen molar-refractivity contribution in [1.82, 2.24) is 5.32 Å². The first-order valence-corrected chi connectivity index (χ1v) is 8.77. The van der Waals surface area contributed by atoms with E-state index < -0.39 is 0 Å². The minimum Gasteiger partial charge on any atom is -0.496 e. The molecule has 0 atom stereocenters. The van der Waals surface area contributed by atoms with Crippen molar-refractivity contribution in [3.05, 3.63) is 26.3 Å². The summed E-state index contributed by atoms with van der Waals surface area (Å²) in [5.41, 5.74) is 2.11. The molecule has 3 nitrogen and oxygen atoms in total. The molecule has 1 aromatic heterocycles. The standard InChI is InChI=1S/C16H21Br2NO2/c1-5-6-19-8-12-13(9(2)3)14-15(18)11(20-4)7-10(17)16(14)21-12/h7,9,19H,5-6,8H2,1-4H3. The number of ether oxygens (including phenoxy) is 1. The van der Waals surface area contributed by atoms with Crippen LogP contribution in [0, 0.1) is 0 Å². The van der Waals surface area contributed by atoms with Crippen LogP contribution in [0.2, 0.25) is 0 Å². The fraction of sp³-hybridized carbons (Fsp3) is 0.500. The van der Waals surface area contributed by atoms with Gasteiger partial charge in [0.25, 0.3) is 0 Å². The maximum Gasteiger partial charge on any atom is 0.150 e. The van der Waals surface area contributed by atoms with E-state index in [1.165, 1.54) is 5.56 Å². The third-order valence-corrected chi connectivity index (χ3v) is 4.82. The Hall–Kier alpha value is -0.520. The van der Waals surface area contributed by atoms with Gasteiger partial charge in [0, 0.05) is 10.9 Å². The van der Waals surface area contributed by atoms with E-state index in [-0.39, 0.29) is 0 Å². The number of halogens is 2. The lowest BCUT2D eigenvalue weighted by molar-refractivity contribution is 0.412. The minimum absolute atomic E-state index is 0.375. The van der Waals surface area contributed by atoms with Crippen LogP contribution in [0.15, 0.2) is 19.4 Å². The second-order valence-electron chi connectivity index (χ2n) is 5.35. The van der Waals surface area contributed by atoms with Crippen molar-refractivity contribution < 1.29 is 9.15 Å². The van der Waals surface area contributed by atoms with Gasteiger partial charge in [-0.05, 0) is 56.8 Å². The van der Waals surface area contributed by atoms with Gasteiger partial charge in [-0.1, -0.05) is 20.8 Å². The van der Waals surface area contributed by atoms with Gasteiger partial charge in [0.05, 0.1) is 22.6 Å². The molecule has 116 valence electrons. The van der Waals surface area contributed by atoms with Crippen LogP contribution in [0.4, 0.5) is 0 Å². The summed E-state index contributed by atoms with van der Waals surface area (Å²) >= 11 is 7.25. The summed E-state index contributed by atoms with van der Waals surface area (Å²) in [5, 5.41) is 4.52. The highest BCUT2D eigenvalue weighted by Crippen LogP contribution is 2.44. The molecule has 0 saturated heterocycles. The first-order valence-electron chi connectivity index (χ1n) is 7.19. The Labute approximate surface area is 142 Å². The van der Waals surface area contributed by atoms with E-state index in [9.17, 15) is 0 Å². The normalized spacial score (nSPS) is 11.6. The van der Waals surface area contributed by atoms with Crippen LogP contribution in [-0.2, 0) is 6.54 Å². The van der Waals surface area contributed by atoms with Crippen molar-refractivity contribution in [3.8, 4) is 5.75 Å². The molecule has 1 heterocycles. The van der Waals surface area contributed by atoms with Crippen LogP contribution in [-0.4, -0.2) is 13.7 Å². The number of hydrogen-bond acceptors (Lipinski definition) is 3. The highest BCUT2D eigenvalue weighted by Gasteiger charge is 2.23. The molecule has 0 saturated carbocycles. The topological polar surface area (TPSA) is 34.4 Å². The van der Waals surface area contributed by atoms with Crippen molar-refractivity contribution >= 4 is 42.8 Å². The molecule has 5 heteroatoms. The third kappa shape index (κ3) is 3.30. The van der Waals surface area contributed by atoms with E-state index >= 15 is 0 Å². The highest BCUT2D eigenvalue weighted by molar-refractivity contribution is 9.11. The molecule has 0 aliphatic rings. The lowest BCUT2D eigenvalue weighted by Gasteiger charge is -2.10. The quantitative estimate of drug-likeness (QED) is 0.621. The van der Waals surface area contributed by atoms with E-state index in [1.54, 1.807) is 7.11 Å². The molecule has 2 aromatic rings. The molecule has 0 radical (unpaired) electrons. The number of hydrogen-bond donors (Lipinski definition) is 1. The van der Waals surface area contributed by atoms with Crippen LogP contribution in [0.3, 0.4) is 0 Å². The Balaban J connectivity index is 2.63. The number of methoxy groups -OCH3 is 1. The van der Waals surface area contributed by atoms with Gasteiger partial charge < -0.3 is 14.5 Å². The predicted octanol–water partition coefficient (Wildman–Crippen LogP) is 5.59. The molecule has 0 spiro atoms. The first kappa shape index (κ1) is 16.8. The molecule has 0 bridgehead atoms. The van der Waals surface area contributed by atoms with Crippen LogP contribution >= 0.6 is 31.9 Å². The maximum absolute atomic E-state index is 6.12. The van der Waals surface area contributed by atoms with Crippen LogP contribution in [0.25, 0.3) is 11.0 Å². The Morgan fingerprint density at radius 2 is 2.05 bits per heavy atom. The van der Waals surface area contributed by atoms with Gasteiger partial charge in [-0.3, -0.25) is 0 Å². The zero-order chi connectivity index (χ0) is 15.6. The van der Waals surface area contributed by atoms with Crippen molar-refractivity contribution in [2.75, 3.05) is 13.7 Å². The molecular formula is C16H21Br2NO2. The third-order valence-electron chi connectivity index (χ3n) is 3.44. The molecular weight excluding hydrogens is 398 g/mol. The molecule has 1 N–H and O–H groups in total. The molecule has 0 aliphatic heterocycles. The summed E-state index contributed by atoms with van der Waals surface area (Å²) in [6.07, 6.45) is 1.11. The Bertz CT molecular complexity index is 635. The van der Waals surface area contributed by atoms with Gasteiger partial charge in [0.15, 0.2) is 0 Å². The molecule has 1 aromatic carbocycles. The van der Waals surface area contributed by atoms with Gasteiger partial charge >= 0.3 is 0 Å². The number of nitrogens with one attached hydrogen (secondary N) is 1. The average Bonchev–Trinajstić information content (AvgIpc) is 2.83. The van der Waals surface area contributed by atoms with Crippen LogP contribution in [0.5, 0.6) is 5.75 Å². The smallest absolute Gasteiger partial charge is 0.150 e. The maximum atomic E-state index is 6.12. The van der Waals surface area contributed by atoms with E-state index in [0.29, 0.717) is 5.92 Å². The lowest BCUT2D eigenvalue weighted by atomic mass is 9.99. The Morgan fingerprint density at radius 1 is 1.33 bits per heavy atom. The summed E-state index contributed by atoms with van der Waals surface area (Å²) in [7, 11) is 1.68. The number of rotatable bonds is 6. The van der Waals surface area contributed by atoms with Gasteiger partial charge in [-0.15, -0.1) is 0 Å². The largest absolute Gasteiger partial charge is 0.496 e. The number of fused-ring (bicyclic) bond motifs is 1. The fourth-order valence-corrected chi connectivity index (χ4v) is 3.67. The van der Waals surface area contributed by atoms with Crippen molar-refractivity contribution in [2.45, 2.75) is 39.7 Å².